The molecule has 1 N–H and O–H groups in total. The molecule has 0 saturated carbocycles. The number of carbonyl (C=O) groups excluding carboxylic acids is 3. The molecule has 4 heterocycles. The quantitative estimate of drug-likeness (QED) is 0.423. The summed E-state index contributed by atoms with van der Waals surface area (Å²) in [5.41, 5.74) is -1.74. The minimum absolute atomic E-state index is 0.0498. The van der Waals surface area contributed by atoms with Crippen LogP contribution in [0, 0.1) is 11.8 Å². The van der Waals surface area contributed by atoms with E-state index in [1.807, 2.05) is 73.4 Å². The summed E-state index contributed by atoms with van der Waals surface area (Å²) in [4.78, 5) is 46.2. The minimum atomic E-state index is -1.37. The van der Waals surface area contributed by atoms with E-state index in [4.69, 9.17) is 9.47 Å². The monoisotopic (exact) mass is 536 g/mol. The molecule has 1 aromatic carbocycles. The molecule has 2 amide bonds. The number of hydrogen-bond donors (Lipinski definition) is 1. The van der Waals surface area contributed by atoms with E-state index in [0.29, 0.717) is 19.4 Å². The fraction of sp³-hybridized carbons (Fsp3) is 0.581. The number of nitrogens with zero attached hydrogens (tertiary/aromatic N) is 2. The highest BCUT2D eigenvalue weighted by atomic mass is 16.6. The molecule has 8 nitrogen and oxygen atoms in total. The van der Waals surface area contributed by atoms with Crippen LogP contribution in [0.3, 0.4) is 0 Å². The highest BCUT2D eigenvalue weighted by Gasteiger charge is 2.76. The van der Waals surface area contributed by atoms with E-state index in [9.17, 15) is 19.5 Å². The molecule has 4 aliphatic heterocycles. The van der Waals surface area contributed by atoms with Gasteiger partial charge >= 0.3 is 5.97 Å². The summed E-state index contributed by atoms with van der Waals surface area (Å²) < 4.78 is 12.7. The zero-order valence-corrected chi connectivity index (χ0v) is 23.1. The van der Waals surface area contributed by atoms with Gasteiger partial charge in [0, 0.05) is 12.6 Å². The van der Waals surface area contributed by atoms with Crippen molar-refractivity contribution in [2.24, 2.45) is 11.8 Å². The number of carbonyl (C=O) groups is 3. The SMILES string of the molecule is CCCC(C)N1CC=C[C@]23O[C@]4(CC)/C=C\CCCOC(=O)[C@@H]4[C@H]2C(=O)N([C@H](CO)c2ccccc2)C3C1=O. The van der Waals surface area contributed by atoms with E-state index in [1.165, 1.54) is 4.90 Å². The molecule has 2 fully saturated rings. The Bertz CT molecular complexity index is 1150. The second kappa shape index (κ2) is 10.9. The van der Waals surface area contributed by atoms with Crippen molar-refractivity contribution < 1.29 is 29.0 Å². The van der Waals surface area contributed by atoms with E-state index < -0.39 is 41.1 Å². The van der Waals surface area contributed by atoms with Crippen molar-refractivity contribution in [2.45, 2.75) is 82.2 Å². The number of fused-ring (bicyclic) bond motifs is 2. The van der Waals surface area contributed by atoms with Gasteiger partial charge in [-0.15, -0.1) is 0 Å². The summed E-state index contributed by atoms with van der Waals surface area (Å²) in [5.74, 6) is -2.93. The average Bonchev–Trinajstić information content (AvgIpc) is 3.31. The van der Waals surface area contributed by atoms with Crippen LogP contribution in [0.25, 0.3) is 0 Å². The lowest BCUT2D eigenvalue weighted by molar-refractivity contribution is -0.163. The van der Waals surface area contributed by atoms with Gasteiger partial charge in [0.15, 0.2) is 0 Å². The van der Waals surface area contributed by atoms with Crippen LogP contribution in [0.15, 0.2) is 54.6 Å². The number of hydrogen-bond acceptors (Lipinski definition) is 6. The Kier molecular flexibility index (Phi) is 7.71. The molecule has 2 saturated heterocycles. The third-order valence-corrected chi connectivity index (χ3v) is 9.03. The number of rotatable bonds is 7. The number of aliphatic hydroxyl groups is 1. The van der Waals surface area contributed by atoms with Gasteiger partial charge in [0.1, 0.15) is 23.2 Å². The third-order valence-electron chi connectivity index (χ3n) is 9.03. The number of likely N-dealkylation sites (tertiary alicyclic amines) is 1. The normalized spacial score (nSPS) is 34.7. The Labute approximate surface area is 230 Å². The Morgan fingerprint density at radius 3 is 2.51 bits per heavy atom. The van der Waals surface area contributed by atoms with Crippen molar-refractivity contribution in [1.29, 1.82) is 0 Å². The number of cyclic esters (lactones) is 1. The lowest BCUT2D eigenvalue weighted by atomic mass is 9.73. The van der Waals surface area contributed by atoms with Crippen molar-refractivity contribution in [2.75, 3.05) is 19.8 Å². The largest absolute Gasteiger partial charge is 0.465 e. The molecule has 2 unspecified atom stereocenters. The van der Waals surface area contributed by atoms with Gasteiger partial charge in [0.05, 0.1) is 25.2 Å². The first-order chi connectivity index (χ1) is 18.8. The first kappa shape index (κ1) is 27.6. The number of allylic oxidation sites excluding steroid dienone is 1. The summed E-state index contributed by atoms with van der Waals surface area (Å²) in [6, 6.07) is 7.39. The number of benzene rings is 1. The number of ether oxygens (including phenoxy) is 2. The van der Waals surface area contributed by atoms with E-state index >= 15 is 0 Å². The molecule has 0 bridgehead atoms. The fourth-order valence-corrected chi connectivity index (χ4v) is 7.17. The minimum Gasteiger partial charge on any atom is -0.465 e. The van der Waals surface area contributed by atoms with Crippen LogP contribution < -0.4 is 0 Å². The summed E-state index contributed by atoms with van der Waals surface area (Å²) in [6.45, 7) is 6.32. The first-order valence-corrected chi connectivity index (χ1v) is 14.4. The Balaban J connectivity index is 1.71. The van der Waals surface area contributed by atoms with Gasteiger partial charge in [-0.2, -0.15) is 0 Å². The van der Waals surface area contributed by atoms with Crippen molar-refractivity contribution in [3.05, 3.63) is 60.2 Å². The van der Waals surface area contributed by atoms with Gasteiger partial charge in [0.25, 0.3) is 0 Å². The molecule has 1 aromatic rings. The smallest absolute Gasteiger partial charge is 0.313 e. The lowest BCUT2D eigenvalue weighted by Crippen LogP contribution is -2.58. The molecular formula is C31H40N2O6. The second-order valence-electron chi connectivity index (χ2n) is 11.2. The number of aliphatic hydroxyl groups excluding tert-OH is 1. The highest BCUT2D eigenvalue weighted by molar-refractivity contribution is 5.99. The maximum atomic E-state index is 14.6. The zero-order chi connectivity index (χ0) is 27.8. The van der Waals surface area contributed by atoms with Crippen LogP contribution in [0.1, 0.15) is 64.5 Å². The van der Waals surface area contributed by atoms with Crippen molar-refractivity contribution in [3.8, 4) is 0 Å². The Morgan fingerprint density at radius 2 is 1.82 bits per heavy atom. The van der Waals surface area contributed by atoms with Crippen LogP contribution in [0.5, 0.6) is 0 Å². The fourth-order valence-electron chi connectivity index (χ4n) is 7.17. The molecule has 5 rings (SSSR count). The predicted molar refractivity (Wildman–Crippen MR) is 145 cm³/mol. The maximum absolute atomic E-state index is 14.6. The lowest BCUT2D eigenvalue weighted by Gasteiger charge is -2.41. The molecule has 4 aliphatic rings. The molecule has 210 valence electrons. The van der Waals surface area contributed by atoms with E-state index in [1.54, 1.807) is 0 Å². The molecule has 1 spiro atoms. The summed E-state index contributed by atoms with van der Waals surface area (Å²) in [5, 5.41) is 10.6. The van der Waals surface area contributed by atoms with E-state index in [2.05, 4.69) is 6.92 Å². The first-order valence-electron chi connectivity index (χ1n) is 14.4. The van der Waals surface area contributed by atoms with Gasteiger partial charge in [-0.25, -0.2) is 0 Å². The van der Waals surface area contributed by atoms with Crippen LogP contribution in [0.2, 0.25) is 0 Å². The van der Waals surface area contributed by atoms with E-state index in [0.717, 1.165) is 24.8 Å². The van der Waals surface area contributed by atoms with Crippen molar-refractivity contribution >= 4 is 17.8 Å². The zero-order valence-electron chi connectivity index (χ0n) is 23.1. The molecule has 0 aromatic heterocycles. The van der Waals surface area contributed by atoms with E-state index in [-0.39, 0.29) is 31.1 Å². The van der Waals surface area contributed by atoms with Crippen LogP contribution in [-0.4, -0.2) is 75.7 Å². The summed E-state index contributed by atoms with van der Waals surface area (Å²) >= 11 is 0. The standard InChI is InChI=1S/C31H40N2O6/c1-4-13-21(3)32-18-12-17-31-24(25-29(37)38-19-11-7-10-16-30(25,5-2)39-31)27(35)33(26(31)28(32)36)23(20-34)22-14-8-6-9-15-22/h6,8-10,12,14-17,21,23-26,34H,4-5,7,11,13,18-20H2,1-3H3/b16-10-/t21?,23-,24+,25+,26?,30-,31+/m1/s1. The van der Waals surface area contributed by atoms with Crippen molar-refractivity contribution in [3.63, 3.8) is 0 Å². The van der Waals surface area contributed by atoms with Gasteiger partial charge in [-0.05, 0) is 38.2 Å². The summed E-state index contributed by atoms with van der Waals surface area (Å²) in [7, 11) is 0. The third kappa shape index (κ3) is 4.32. The average molecular weight is 537 g/mol. The van der Waals surface area contributed by atoms with Gasteiger partial charge < -0.3 is 24.4 Å². The Morgan fingerprint density at radius 1 is 1.05 bits per heavy atom. The molecule has 8 heteroatoms. The summed E-state index contributed by atoms with van der Waals surface area (Å²) in [6.07, 6.45) is 11.3. The highest BCUT2D eigenvalue weighted by Crippen LogP contribution is 2.59. The van der Waals surface area contributed by atoms with Crippen LogP contribution >= 0.6 is 0 Å². The molecule has 0 radical (unpaired) electrons. The molecular weight excluding hydrogens is 496 g/mol. The second-order valence-corrected chi connectivity index (χ2v) is 11.2. The Hall–Kier alpha value is -2.97. The van der Waals surface area contributed by atoms with Crippen LogP contribution in [-0.2, 0) is 23.9 Å². The molecule has 7 atom stereocenters. The number of amides is 2. The maximum Gasteiger partial charge on any atom is 0.313 e. The van der Waals surface area contributed by atoms with Gasteiger partial charge in [0.2, 0.25) is 11.8 Å². The molecule has 0 aliphatic carbocycles. The molecule has 39 heavy (non-hydrogen) atoms. The van der Waals surface area contributed by atoms with Crippen molar-refractivity contribution in [1.82, 2.24) is 9.80 Å². The topological polar surface area (TPSA) is 96.4 Å². The van der Waals surface area contributed by atoms with Crippen LogP contribution in [0.4, 0.5) is 0 Å². The van der Waals surface area contributed by atoms with Gasteiger partial charge in [-0.3, -0.25) is 14.4 Å². The van der Waals surface area contributed by atoms with Gasteiger partial charge in [-0.1, -0.05) is 74.9 Å². The predicted octanol–water partition coefficient (Wildman–Crippen LogP) is 3.56. The number of esters is 1.